The largest absolute Gasteiger partial charge is 0.480 e. The molecule has 0 radical (unpaired) electrons. The average molecular weight is 432 g/mol. The first kappa shape index (κ1) is 22.4. The van der Waals surface area contributed by atoms with Crippen molar-refractivity contribution in [3.8, 4) is 0 Å². The molecule has 0 saturated carbocycles. The maximum atomic E-state index is 12.8. The van der Waals surface area contributed by atoms with E-state index in [1.807, 2.05) is 0 Å². The molecular formula is C20H24N4O7. The van der Waals surface area contributed by atoms with E-state index in [9.17, 15) is 24.0 Å². The molecule has 0 spiro atoms. The molecule has 166 valence electrons. The van der Waals surface area contributed by atoms with Gasteiger partial charge in [-0.25, -0.2) is 0 Å². The molecule has 4 N–H and O–H groups in total. The van der Waals surface area contributed by atoms with Gasteiger partial charge >= 0.3 is 5.97 Å². The van der Waals surface area contributed by atoms with E-state index in [1.165, 1.54) is 9.80 Å². The first-order valence-electron chi connectivity index (χ1n) is 9.91. The van der Waals surface area contributed by atoms with Crippen molar-refractivity contribution >= 4 is 35.3 Å². The van der Waals surface area contributed by atoms with Gasteiger partial charge in [-0.15, -0.1) is 0 Å². The van der Waals surface area contributed by atoms with Crippen LogP contribution in [0.2, 0.25) is 0 Å². The van der Waals surface area contributed by atoms with Crippen molar-refractivity contribution in [2.75, 3.05) is 31.6 Å². The van der Waals surface area contributed by atoms with E-state index in [-0.39, 0.29) is 69.8 Å². The summed E-state index contributed by atoms with van der Waals surface area (Å²) in [4.78, 5) is 62.5. The van der Waals surface area contributed by atoms with Gasteiger partial charge in [-0.05, 0) is 18.6 Å². The highest BCUT2D eigenvalue weighted by atomic mass is 16.4. The molecule has 1 atom stereocenters. The van der Waals surface area contributed by atoms with Crippen LogP contribution in [0.25, 0.3) is 0 Å². The van der Waals surface area contributed by atoms with Crippen LogP contribution in [0.3, 0.4) is 0 Å². The Balaban J connectivity index is 1.66. The number of aliphatic carboxylic acids is 1. The van der Waals surface area contributed by atoms with Gasteiger partial charge in [0, 0.05) is 49.3 Å². The average Bonchev–Trinajstić information content (AvgIpc) is 3.04. The second kappa shape index (κ2) is 9.67. The van der Waals surface area contributed by atoms with Crippen molar-refractivity contribution in [3.05, 3.63) is 29.3 Å². The minimum Gasteiger partial charge on any atom is -0.480 e. The Morgan fingerprint density at radius 2 is 2.00 bits per heavy atom. The molecule has 3 rings (SSSR count). The number of imide groups is 1. The highest BCUT2D eigenvalue weighted by molar-refractivity contribution is 6.06. The summed E-state index contributed by atoms with van der Waals surface area (Å²) in [5.74, 6) is -2.63. The fourth-order valence-corrected chi connectivity index (χ4v) is 3.78. The summed E-state index contributed by atoms with van der Waals surface area (Å²) < 4.78 is 0. The smallest absolute Gasteiger partial charge is 0.317 e. The van der Waals surface area contributed by atoms with Gasteiger partial charge < -0.3 is 20.4 Å². The number of carboxylic acids is 1. The molecule has 1 saturated heterocycles. The van der Waals surface area contributed by atoms with Crippen molar-refractivity contribution in [1.82, 2.24) is 15.1 Å². The monoisotopic (exact) mass is 432 g/mol. The number of nitrogens with one attached hydrogen (secondary N) is 2. The van der Waals surface area contributed by atoms with E-state index in [1.54, 1.807) is 18.2 Å². The Hall–Kier alpha value is -3.31. The van der Waals surface area contributed by atoms with Crippen LogP contribution in [0, 0.1) is 0 Å². The minimum atomic E-state index is -1.05. The van der Waals surface area contributed by atoms with Crippen LogP contribution < -0.4 is 10.6 Å². The summed E-state index contributed by atoms with van der Waals surface area (Å²) in [5.41, 5.74) is 1.41. The summed E-state index contributed by atoms with van der Waals surface area (Å²) in [6.07, 6.45) is 0.402. The van der Waals surface area contributed by atoms with Gasteiger partial charge in [-0.3, -0.25) is 34.2 Å². The summed E-state index contributed by atoms with van der Waals surface area (Å²) in [5, 5.41) is 22.9. The zero-order valence-electron chi connectivity index (χ0n) is 16.8. The van der Waals surface area contributed by atoms with E-state index in [0.717, 1.165) is 0 Å². The molecule has 0 aliphatic carbocycles. The molecule has 11 nitrogen and oxygen atoms in total. The number of aliphatic hydroxyl groups is 1. The number of rotatable bonds is 9. The van der Waals surface area contributed by atoms with Crippen LogP contribution in [-0.4, -0.2) is 81.9 Å². The number of piperidine rings is 1. The van der Waals surface area contributed by atoms with Gasteiger partial charge in [0.1, 0.15) is 6.04 Å². The van der Waals surface area contributed by atoms with Crippen LogP contribution in [0.4, 0.5) is 5.69 Å². The molecule has 2 aliphatic heterocycles. The van der Waals surface area contributed by atoms with Gasteiger partial charge in [-0.2, -0.15) is 0 Å². The van der Waals surface area contributed by atoms with Gasteiger partial charge in [0.25, 0.3) is 5.91 Å². The molecule has 31 heavy (non-hydrogen) atoms. The van der Waals surface area contributed by atoms with Crippen LogP contribution in [0.5, 0.6) is 0 Å². The highest BCUT2D eigenvalue weighted by Crippen LogP contribution is 2.32. The number of amides is 4. The Kier molecular flexibility index (Phi) is 6.98. The number of carbonyl (C=O) groups is 5. The lowest BCUT2D eigenvalue weighted by atomic mass is 10.0. The molecule has 1 aromatic carbocycles. The van der Waals surface area contributed by atoms with Crippen molar-refractivity contribution in [1.29, 1.82) is 0 Å². The SMILES string of the molecule is O=C(O)CN(CCO)CCC(=O)Nc1cccc2c1CN(C1CCC(=O)NC1=O)C2=O. The number of fused-ring (bicyclic) bond motifs is 1. The Labute approximate surface area is 178 Å². The summed E-state index contributed by atoms with van der Waals surface area (Å²) in [6, 6.07) is 4.16. The molecule has 1 fully saturated rings. The van der Waals surface area contributed by atoms with Crippen molar-refractivity contribution in [2.24, 2.45) is 0 Å². The minimum absolute atomic E-state index is 0.00174. The van der Waals surface area contributed by atoms with E-state index in [0.29, 0.717) is 16.8 Å². The summed E-state index contributed by atoms with van der Waals surface area (Å²) in [6.45, 7) is -0.0965. The number of aliphatic hydroxyl groups excluding tert-OH is 1. The molecular weight excluding hydrogens is 408 g/mol. The second-order valence-corrected chi connectivity index (χ2v) is 7.42. The Bertz CT molecular complexity index is 917. The number of hydrogen-bond acceptors (Lipinski definition) is 7. The van der Waals surface area contributed by atoms with Crippen molar-refractivity contribution in [3.63, 3.8) is 0 Å². The van der Waals surface area contributed by atoms with E-state index < -0.39 is 17.9 Å². The van der Waals surface area contributed by atoms with Gasteiger partial charge in [-0.1, -0.05) is 6.07 Å². The zero-order valence-corrected chi connectivity index (χ0v) is 16.8. The third-order valence-corrected chi connectivity index (χ3v) is 5.29. The van der Waals surface area contributed by atoms with E-state index in [4.69, 9.17) is 10.2 Å². The number of anilines is 1. The van der Waals surface area contributed by atoms with E-state index >= 15 is 0 Å². The quantitative estimate of drug-likeness (QED) is 0.368. The maximum Gasteiger partial charge on any atom is 0.317 e. The number of benzene rings is 1. The third kappa shape index (κ3) is 5.25. The Morgan fingerprint density at radius 3 is 2.68 bits per heavy atom. The normalized spacial score (nSPS) is 18.2. The molecule has 4 amide bonds. The van der Waals surface area contributed by atoms with Crippen molar-refractivity contribution < 1.29 is 34.2 Å². The lowest BCUT2D eigenvalue weighted by molar-refractivity contribution is -0.139. The Morgan fingerprint density at radius 1 is 1.23 bits per heavy atom. The number of carboxylic acid groups (broad SMARTS) is 1. The third-order valence-electron chi connectivity index (χ3n) is 5.29. The molecule has 2 heterocycles. The second-order valence-electron chi connectivity index (χ2n) is 7.42. The molecule has 2 aliphatic rings. The predicted octanol–water partition coefficient (Wildman–Crippen LogP) is -0.845. The van der Waals surface area contributed by atoms with Gasteiger partial charge in [0.05, 0.1) is 13.2 Å². The topological polar surface area (TPSA) is 156 Å². The number of nitrogens with zero attached hydrogens (tertiary/aromatic N) is 2. The molecule has 1 aromatic rings. The maximum absolute atomic E-state index is 12.8. The van der Waals surface area contributed by atoms with Gasteiger partial charge in [0.2, 0.25) is 17.7 Å². The fraction of sp³-hybridized carbons (Fsp3) is 0.450. The fourth-order valence-electron chi connectivity index (χ4n) is 3.78. The van der Waals surface area contributed by atoms with Crippen LogP contribution in [-0.2, 0) is 25.7 Å². The first-order chi connectivity index (χ1) is 14.8. The lowest BCUT2D eigenvalue weighted by Crippen LogP contribution is -2.52. The van der Waals surface area contributed by atoms with Crippen LogP contribution in [0.1, 0.15) is 35.2 Å². The predicted molar refractivity (Wildman–Crippen MR) is 107 cm³/mol. The number of carbonyl (C=O) groups excluding carboxylic acids is 4. The number of hydrogen-bond donors (Lipinski definition) is 4. The van der Waals surface area contributed by atoms with E-state index in [2.05, 4.69) is 10.6 Å². The molecule has 1 unspecified atom stereocenters. The molecule has 0 aromatic heterocycles. The molecule has 11 heteroatoms. The van der Waals surface area contributed by atoms with Crippen LogP contribution in [0.15, 0.2) is 18.2 Å². The van der Waals surface area contributed by atoms with Crippen molar-refractivity contribution in [2.45, 2.75) is 31.8 Å². The highest BCUT2D eigenvalue weighted by Gasteiger charge is 2.39. The zero-order chi connectivity index (χ0) is 22.5. The standard InChI is InChI=1S/C20H24N4O7/c25-9-8-23(11-18(28)29)7-6-17(27)21-14-3-1-2-12-13(14)10-24(20(12)31)15-4-5-16(26)22-19(15)30/h1-3,15,25H,4-11H2,(H,21,27)(H,28,29)(H,22,26,30). The lowest BCUT2D eigenvalue weighted by Gasteiger charge is -2.29. The van der Waals surface area contributed by atoms with Crippen LogP contribution >= 0.6 is 0 Å². The summed E-state index contributed by atoms with van der Waals surface area (Å²) >= 11 is 0. The summed E-state index contributed by atoms with van der Waals surface area (Å²) in [7, 11) is 0. The first-order valence-corrected chi connectivity index (χ1v) is 9.91. The van der Waals surface area contributed by atoms with Gasteiger partial charge in [0.15, 0.2) is 0 Å². The molecule has 0 bridgehead atoms.